The summed E-state index contributed by atoms with van der Waals surface area (Å²) in [6.45, 7) is 3.66. The lowest BCUT2D eigenvalue weighted by molar-refractivity contribution is 0.0723. The third-order valence-corrected chi connectivity index (χ3v) is 5.47. The molecule has 0 aliphatic carbocycles. The summed E-state index contributed by atoms with van der Waals surface area (Å²) in [5.41, 5.74) is 1.31. The molecular weight excluding hydrogens is 293 g/mol. The molecule has 1 aromatic rings. The maximum atomic E-state index is 6.19. The topological polar surface area (TPSA) is 21.3 Å². The van der Waals surface area contributed by atoms with Crippen molar-refractivity contribution >= 4 is 23.2 Å². The van der Waals surface area contributed by atoms with Crippen molar-refractivity contribution in [3.05, 3.63) is 33.8 Å². The van der Waals surface area contributed by atoms with Gasteiger partial charge in [-0.2, -0.15) is 0 Å². The zero-order chi connectivity index (χ0) is 14.1. The van der Waals surface area contributed by atoms with Gasteiger partial charge < -0.3 is 10.1 Å². The first-order chi connectivity index (χ1) is 9.69. The zero-order valence-corrected chi connectivity index (χ0v) is 13.3. The molecule has 0 radical (unpaired) electrons. The van der Waals surface area contributed by atoms with Gasteiger partial charge in [-0.1, -0.05) is 29.3 Å². The van der Waals surface area contributed by atoms with Gasteiger partial charge in [-0.25, -0.2) is 0 Å². The van der Waals surface area contributed by atoms with Crippen LogP contribution in [0.2, 0.25) is 10.0 Å². The molecule has 2 nitrogen and oxygen atoms in total. The average Bonchev–Trinajstić information content (AvgIpc) is 2.83. The second kappa shape index (κ2) is 6.23. The molecule has 2 aliphatic rings. The molecule has 1 N–H and O–H groups in total. The van der Waals surface area contributed by atoms with Gasteiger partial charge >= 0.3 is 0 Å². The Morgan fingerprint density at radius 3 is 2.85 bits per heavy atom. The van der Waals surface area contributed by atoms with Gasteiger partial charge in [-0.05, 0) is 49.8 Å². The molecule has 2 aliphatic heterocycles. The second-order valence-electron chi connectivity index (χ2n) is 5.89. The van der Waals surface area contributed by atoms with Crippen LogP contribution in [-0.4, -0.2) is 25.3 Å². The predicted molar refractivity (Wildman–Crippen MR) is 83.7 cm³/mol. The largest absolute Gasteiger partial charge is 0.381 e. The molecule has 2 fully saturated rings. The Labute approximate surface area is 130 Å². The number of rotatable bonds is 4. The third kappa shape index (κ3) is 2.85. The van der Waals surface area contributed by atoms with Crippen molar-refractivity contribution in [1.82, 2.24) is 5.32 Å². The van der Waals surface area contributed by atoms with Crippen LogP contribution in [-0.2, 0) is 4.74 Å². The lowest BCUT2D eigenvalue weighted by Crippen LogP contribution is -2.46. The van der Waals surface area contributed by atoms with Gasteiger partial charge in [-0.3, -0.25) is 0 Å². The minimum atomic E-state index is 0.523. The van der Waals surface area contributed by atoms with Crippen LogP contribution in [0.25, 0.3) is 0 Å². The molecule has 0 saturated carbocycles. The summed E-state index contributed by atoms with van der Waals surface area (Å²) in [7, 11) is 0. The van der Waals surface area contributed by atoms with Crippen molar-refractivity contribution in [3.8, 4) is 0 Å². The van der Waals surface area contributed by atoms with Crippen LogP contribution in [0.5, 0.6) is 0 Å². The monoisotopic (exact) mass is 313 g/mol. The first-order valence-corrected chi connectivity index (χ1v) is 8.23. The number of ether oxygens (including phenoxy) is 1. The maximum Gasteiger partial charge on any atom is 0.0595 e. The van der Waals surface area contributed by atoms with Gasteiger partial charge in [0.25, 0.3) is 0 Å². The number of fused-ring (bicyclic) bond motifs is 2. The number of nitrogens with one attached hydrogen (secondary N) is 1. The van der Waals surface area contributed by atoms with Crippen molar-refractivity contribution in [2.24, 2.45) is 5.92 Å². The van der Waals surface area contributed by atoms with E-state index >= 15 is 0 Å². The number of hydrogen-bond donors (Lipinski definition) is 1. The van der Waals surface area contributed by atoms with Gasteiger partial charge in [0.05, 0.1) is 16.7 Å². The first kappa shape index (κ1) is 14.6. The Kier molecular flexibility index (Phi) is 4.56. The fourth-order valence-electron chi connectivity index (χ4n) is 3.75. The molecule has 0 amide bonds. The lowest BCUT2D eigenvalue weighted by Gasteiger charge is -2.38. The van der Waals surface area contributed by atoms with Crippen molar-refractivity contribution < 1.29 is 4.74 Å². The van der Waals surface area contributed by atoms with Gasteiger partial charge in [0.1, 0.15) is 0 Å². The Morgan fingerprint density at radius 2 is 2.10 bits per heavy atom. The van der Waals surface area contributed by atoms with Crippen LogP contribution in [0.1, 0.15) is 37.7 Å². The molecule has 1 aromatic carbocycles. The summed E-state index contributed by atoms with van der Waals surface area (Å²) in [6, 6.07) is 7.32. The van der Waals surface area contributed by atoms with E-state index in [1.54, 1.807) is 0 Å². The number of hydrogen-bond acceptors (Lipinski definition) is 2. The molecule has 110 valence electrons. The summed E-state index contributed by atoms with van der Waals surface area (Å²) in [5, 5.41) is 5.03. The Balaban J connectivity index is 1.85. The molecule has 0 aromatic heterocycles. The van der Waals surface area contributed by atoms with E-state index in [-0.39, 0.29) is 0 Å². The van der Waals surface area contributed by atoms with Gasteiger partial charge in [0, 0.05) is 24.6 Å². The van der Waals surface area contributed by atoms with Crippen molar-refractivity contribution in [3.63, 3.8) is 0 Å². The van der Waals surface area contributed by atoms with Crippen molar-refractivity contribution in [2.45, 2.75) is 44.2 Å². The summed E-state index contributed by atoms with van der Waals surface area (Å²) < 4.78 is 5.73. The lowest BCUT2D eigenvalue weighted by atomic mass is 9.77. The Morgan fingerprint density at radius 1 is 1.25 bits per heavy atom. The van der Waals surface area contributed by atoms with Gasteiger partial charge in [0.2, 0.25) is 0 Å². The molecular formula is C16H21Cl2NO. The fourth-order valence-corrected chi connectivity index (χ4v) is 4.05. The molecule has 0 spiro atoms. The minimum Gasteiger partial charge on any atom is -0.381 e. The number of benzene rings is 1. The Bertz CT molecular complexity index is 480. The summed E-state index contributed by atoms with van der Waals surface area (Å²) in [4.78, 5) is 0. The number of piperidine rings is 1. The van der Waals surface area contributed by atoms with E-state index in [1.165, 1.54) is 24.8 Å². The molecule has 1 unspecified atom stereocenters. The van der Waals surface area contributed by atoms with Crippen molar-refractivity contribution in [2.75, 3.05) is 13.2 Å². The Hall–Kier alpha value is -0.280. The standard InChI is InChI=1S/C16H21Cl2NO/c1-2-20-9-13-12(8-11-4-6-16(13)19-11)10-3-5-14(17)15(18)7-10/h3,5,7,11-13,16,19H,2,4,6,8-9H2,1H3/t11-,12+,13+,16?/m0/s1. The van der Waals surface area contributed by atoms with Crippen LogP contribution < -0.4 is 5.32 Å². The normalized spacial score (nSPS) is 32.5. The van der Waals surface area contributed by atoms with E-state index in [4.69, 9.17) is 27.9 Å². The van der Waals surface area contributed by atoms with Crippen molar-refractivity contribution in [1.29, 1.82) is 0 Å². The van der Waals surface area contributed by atoms with Crippen LogP contribution >= 0.6 is 23.2 Å². The number of halogens is 2. The van der Waals surface area contributed by atoms with E-state index in [9.17, 15) is 0 Å². The molecule has 4 atom stereocenters. The quantitative estimate of drug-likeness (QED) is 0.897. The van der Waals surface area contributed by atoms with Crippen LogP contribution in [0.15, 0.2) is 18.2 Å². The fraction of sp³-hybridized carbons (Fsp3) is 0.625. The van der Waals surface area contributed by atoms with Crippen LogP contribution in [0, 0.1) is 5.92 Å². The highest BCUT2D eigenvalue weighted by Gasteiger charge is 2.42. The van der Waals surface area contributed by atoms with E-state index in [2.05, 4.69) is 18.3 Å². The van der Waals surface area contributed by atoms with Gasteiger partial charge in [0.15, 0.2) is 0 Å². The summed E-state index contributed by atoms with van der Waals surface area (Å²) >= 11 is 12.2. The van der Waals surface area contributed by atoms with E-state index in [0.717, 1.165) is 13.2 Å². The van der Waals surface area contributed by atoms with Gasteiger partial charge in [-0.15, -0.1) is 0 Å². The average molecular weight is 314 g/mol. The summed E-state index contributed by atoms with van der Waals surface area (Å²) in [6.07, 6.45) is 3.72. The van der Waals surface area contributed by atoms with E-state index in [0.29, 0.717) is 34.0 Å². The summed E-state index contributed by atoms with van der Waals surface area (Å²) in [5.74, 6) is 1.06. The van der Waals surface area contributed by atoms with Crippen LogP contribution in [0.3, 0.4) is 0 Å². The molecule has 2 heterocycles. The third-order valence-electron chi connectivity index (χ3n) is 4.73. The zero-order valence-electron chi connectivity index (χ0n) is 11.7. The maximum absolute atomic E-state index is 6.19. The highest BCUT2D eigenvalue weighted by atomic mass is 35.5. The smallest absolute Gasteiger partial charge is 0.0595 e. The van der Waals surface area contributed by atoms with Crippen LogP contribution in [0.4, 0.5) is 0 Å². The highest BCUT2D eigenvalue weighted by Crippen LogP contribution is 2.42. The second-order valence-corrected chi connectivity index (χ2v) is 6.70. The SMILES string of the molecule is CCOC[C@H]1C2CC[C@@H](C[C@@H]1c1ccc(Cl)c(Cl)c1)N2. The molecule has 2 bridgehead atoms. The molecule has 4 heteroatoms. The predicted octanol–water partition coefficient (Wildman–Crippen LogP) is 4.25. The van der Waals surface area contributed by atoms with E-state index < -0.39 is 0 Å². The highest BCUT2D eigenvalue weighted by molar-refractivity contribution is 6.42. The molecule has 20 heavy (non-hydrogen) atoms. The minimum absolute atomic E-state index is 0.523. The van der Waals surface area contributed by atoms with E-state index in [1.807, 2.05) is 12.1 Å². The molecule has 2 saturated heterocycles. The molecule has 3 rings (SSSR count). The first-order valence-electron chi connectivity index (χ1n) is 7.47.